The summed E-state index contributed by atoms with van der Waals surface area (Å²) in [7, 11) is 1.38. The standard InChI is InChI=1S/C23H24N6O2S/c1-31-21(30)19-11-8-14-28-15-17(24-20(19)28)16-32-23-26-25-22(27-12-6-3-7-13-27)29(23)18-9-4-2-5-10-18/h2,4-5,8-11,14-15H,3,6-7,12-13,16H2,1H3. The molecule has 0 N–H and O–H groups in total. The van der Waals surface area contributed by atoms with Crippen molar-refractivity contribution in [1.82, 2.24) is 24.1 Å². The largest absolute Gasteiger partial charge is 0.465 e. The zero-order chi connectivity index (χ0) is 21.9. The third kappa shape index (κ3) is 3.95. The van der Waals surface area contributed by atoms with Gasteiger partial charge in [-0.15, -0.1) is 10.2 Å². The molecule has 1 aromatic carbocycles. The molecular weight excluding hydrogens is 424 g/mol. The molecular formula is C23H24N6O2S. The monoisotopic (exact) mass is 448 g/mol. The van der Waals surface area contributed by atoms with E-state index in [1.54, 1.807) is 17.8 Å². The number of imidazole rings is 1. The van der Waals surface area contributed by atoms with Gasteiger partial charge in [-0.25, -0.2) is 9.78 Å². The molecule has 0 radical (unpaired) electrons. The van der Waals surface area contributed by atoms with E-state index in [1.165, 1.54) is 26.4 Å². The number of esters is 1. The van der Waals surface area contributed by atoms with Crippen LogP contribution >= 0.6 is 11.8 Å². The lowest BCUT2D eigenvalue weighted by Gasteiger charge is -2.27. The van der Waals surface area contributed by atoms with Gasteiger partial charge in [0.25, 0.3) is 0 Å². The van der Waals surface area contributed by atoms with Gasteiger partial charge in [-0.1, -0.05) is 30.0 Å². The van der Waals surface area contributed by atoms with Crippen molar-refractivity contribution in [2.45, 2.75) is 30.2 Å². The molecule has 3 aromatic heterocycles. The summed E-state index contributed by atoms with van der Waals surface area (Å²) in [5, 5.41) is 9.89. The van der Waals surface area contributed by atoms with E-state index in [1.807, 2.05) is 41.1 Å². The molecule has 0 bridgehead atoms. The summed E-state index contributed by atoms with van der Waals surface area (Å²) >= 11 is 1.59. The molecule has 0 saturated carbocycles. The highest BCUT2D eigenvalue weighted by atomic mass is 32.2. The van der Waals surface area contributed by atoms with Crippen LogP contribution in [0.5, 0.6) is 0 Å². The quantitative estimate of drug-likeness (QED) is 0.326. The third-order valence-electron chi connectivity index (χ3n) is 5.56. The fraction of sp³-hybridized carbons (Fsp3) is 0.304. The van der Waals surface area contributed by atoms with E-state index < -0.39 is 5.97 Å². The molecule has 9 heteroatoms. The Labute approximate surface area is 190 Å². The predicted molar refractivity (Wildman–Crippen MR) is 124 cm³/mol. The lowest BCUT2D eigenvalue weighted by molar-refractivity contribution is 0.0602. The average Bonchev–Trinajstić information content (AvgIpc) is 3.47. The van der Waals surface area contributed by atoms with Gasteiger partial charge < -0.3 is 14.0 Å². The number of thioether (sulfide) groups is 1. The van der Waals surface area contributed by atoms with E-state index in [0.29, 0.717) is 17.0 Å². The molecule has 8 nitrogen and oxygen atoms in total. The van der Waals surface area contributed by atoms with Gasteiger partial charge >= 0.3 is 5.97 Å². The number of para-hydroxylation sites is 1. The van der Waals surface area contributed by atoms with Gasteiger partial charge in [0.2, 0.25) is 5.95 Å². The zero-order valence-electron chi connectivity index (χ0n) is 17.8. The summed E-state index contributed by atoms with van der Waals surface area (Å²) in [5.74, 6) is 1.10. The Kier molecular flexibility index (Phi) is 5.81. The van der Waals surface area contributed by atoms with Crippen LogP contribution in [0.15, 0.2) is 60.0 Å². The number of hydrogen-bond acceptors (Lipinski definition) is 7. The van der Waals surface area contributed by atoms with Crippen molar-refractivity contribution < 1.29 is 9.53 Å². The van der Waals surface area contributed by atoms with Crippen molar-refractivity contribution in [3.05, 3.63) is 66.1 Å². The molecule has 0 spiro atoms. The minimum atomic E-state index is -0.393. The molecule has 1 aliphatic rings. The number of nitrogens with zero attached hydrogens (tertiary/aromatic N) is 6. The van der Waals surface area contributed by atoms with Gasteiger partial charge in [-0.2, -0.15) is 0 Å². The van der Waals surface area contributed by atoms with Crippen molar-refractivity contribution in [1.29, 1.82) is 0 Å². The fourth-order valence-electron chi connectivity index (χ4n) is 4.00. The number of pyridine rings is 1. The van der Waals surface area contributed by atoms with Crippen LogP contribution in [0.3, 0.4) is 0 Å². The lowest BCUT2D eigenvalue weighted by atomic mass is 10.1. The first-order chi connectivity index (χ1) is 15.7. The summed E-state index contributed by atoms with van der Waals surface area (Å²) in [6, 6.07) is 13.8. The molecule has 32 heavy (non-hydrogen) atoms. The Bertz CT molecular complexity index is 1230. The number of anilines is 1. The first-order valence-electron chi connectivity index (χ1n) is 10.7. The van der Waals surface area contributed by atoms with Crippen LogP contribution in [0.4, 0.5) is 5.95 Å². The Balaban J connectivity index is 1.44. The number of benzene rings is 1. The fourth-order valence-corrected chi connectivity index (χ4v) is 4.83. The molecule has 0 amide bonds. The van der Waals surface area contributed by atoms with E-state index in [9.17, 15) is 4.79 Å². The Morgan fingerprint density at radius 2 is 1.88 bits per heavy atom. The third-order valence-corrected chi connectivity index (χ3v) is 6.52. The summed E-state index contributed by atoms with van der Waals surface area (Å²) < 4.78 is 8.87. The molecule has 4 heterocycles. The van der Waals surface area contributed by atoms with E-state index >= 15 is 0 Å². The number of carbonyl (C=O) groups is 1. The Morgan fingerprint density at radius 3 is 2.66 bits per heavy atom. The second-order valence-corrected chi connectivity index (χ2v) is 8.61. The van der Waals surface area contributed by atoms with Crippen molar-refractivity contribution >= 4 is 29.3 Å². The van der Waals surface area contributed by atoms with Crippen LogP contribution in [0.25, 0.3) is 11.3 Å². The lowest BCUT2D eigenvalue weighted by Crippen LogP contribution is -2.31. The highest BCUT2D eigenvalue weighted by Gasteiger charge is 2.22. The van der Waals surface area contributed by atoms with Crippen molar-refractivity contribution in [3.63, 3.8) is 0 Å². The maximum Gasteiger partial charge on any atom is 0.341 e. The highest BCUT2D eigenvalue weighted by molar-refractivity contribution is 7.98. The minimum Gasteiger partial charge on any atom is -0.465 e. The summed E-state index contributed by atoms with van der Waals surface area (Å²) in [6.45, 7) is 2.00. The van der Waals surface area contributed by atoms with Crippen molar-refractivity contribution in [2.75, 3.05) is 25.1 Å². The first-order valence-corrected chi connectivity index (χ1v) is 11.7. The van der Waals surface area contributed by atoms with Crippen LogP contribution in [0.1, 0.15) is 35.3 Å². The normalized spacial score (nSPS) is 14.1. The maximum atomic E-state index is 12.1. The van der Waals surface area contributed by atoms with E-state index in [-0.39, 0.29) is 0 Å². The SMILES string of the molecule is COC(=O)c1cccn2cc(CSc3nnc(N4CCCCC4)n3-c3ccccc3)nc12. The number of rotatable bonds is 6. The molecule has 4 aromatic rings. The van der Waals surface area contributed by atoms with Crippen LogP contribution in [0.2, 0.25) is 0 Å². The zero-order valence-corrected chi connectivity index (χ0v) is 18.7. The predicted octanol–water partition coefficient (Wildman–Crippen LogP) is 3.98. The molecule has 0 unspecified atom stereocenters. The van der Waals surface area contributed by atoms with Crippen LogP contribution in [-0.2, 0) is 10.5 Å². The average molecular weight is 449 g/mol. The number of hydrogen-bond donors (Lipinski definition) is 0. The highest BCUT2D eigenvalue weighted by Crippen LogP contribution is 2.30. The van der Waals surface area contributed by atoms with Crippen LogP contribution < -0.4 is 4.90 Å². The number of ether oxygens (including phenoxy) is 1. The van der Waals surface area contributed by atoms with Crippen LogP contribution in [-0.4, -0.2) is 50.3 Å². The molecule has 0 aliphatic carbocycles. The number of fused-ring (bicyclic) bond motifs is 1. The number of methoxy groups -OCH3 is 1. The van der Waals surface area contributed by atoms with Crippen molar-refractivity contribution in [3.8, 4) is 5.69 Å². The molecule has 1 saturated heterocycles. The second kappa shape index (κ2) is 9.04. The maximum absolute atomic E-state index is 12.1. The summed E-state index contributed by atoms with van der Waals surface area (Å²) in [4.78, 5) is 19.1. The molecule has 1 aliphatic heterocycles. The van der Waals surface area contributed by atoms with E-state index in [2.05, 4.69) is 36.8 Å². The summed E-state index contributed by atoms with van der Waals surface area (Å²) in [5.41, 5.74) is 2.94. The molecule has 164 valence electrons. The van der Waals surface area contributed by atoms with Crippen molar-refractivity contribution in [2.24, 2.45) is 0 Å². The summed E-state index contributed by atoms with van der Waals surface area (Å²) in [6.07, 6.45) is 7.42. The van der Waals surface area contributed by atoms with Gasteiger partial charge in [0.15, 0.2) is 10.8 Å². The smallest absolute Gasteiger partial charge is 0.341 e. The molecule has 1 fully saturated rings. The number of carbonyl (C=O) groups excluding carboxylic acids is 1. The molecule has 0 atom stereocenters. The van der Waals surface area contributed by atoms with Gasteiger partial charge in [0.05, 0.1) is 18.5 Å². The number of piperidine rings is 1. The molecule has 5 rings (SSSR count). The van der Waals surface area contributed by atoms with Gasteiger partial charge in [0, 0.05) is 31.2 Å². The topological polar surface area (TPSA) is 77.5 Å². The first kappa shape index (κ1) is 20.6. The van der Waals surface area contributed by atoms with Gasteiger partial charge in [-0.05, 0) is 43.5 Å². The minimum absolute atomic E-state index is 0.393. The second-order valence-electron chi connectivity index (χ2n) is 7.67. The van der Waals surface area contributed by atoms with E-state index in [4.69, 9.17) is 4.74 Å². The van der Waals surface area contributed by atoms with E-state index in [0.717, 1.165) is 35.6 Å². The number of aromatic nitrogens is 5. The van der Waals surface area contributed by atoms with Gasteiger partial charge in [0.1, 0.15) is 5.56 Å². The Morgan fingerprint density at radius 1 is 1.06 bits per heavy atom. The van der Waals surface area contributed by atoms with Gasteiger partial charge in [-0.3, -0.25) is 4.57 Å². The van der Waals surface area contributed by atoms with Crippen LogP contribution in [0, 0.1) is 0 Å². The Hall–Kier alpha value is -3.33.